The molecule has 1 aliphatic rings. The van der Waals surface area contributed by atoms with Gasteiger partial charge < -0.3 is 9.88 Å². The molecule has 3 rings (SSSR count). The predicted molar refractivity (Wildman–Crippen MR) is 109 cm³/mol. The van der Waals surface area contributed by atoms with E-state index in [0.29, 0.717) is 15.8 Å². The molecule has 0 aromatic carbocycles. The van der Waals surface area contributed by atoms with Gasteiger partial charge in [-0.2, -0.15) is 0 Å². The van der Waals surface area contributed by atoms with Crippen LogP contribution in [0.4, 0.5) is 0 Å². The normalized spacial score (nSPS) is 17.1. The number of rotatable bonds is 7. The van der Waals surface area contributed by atoms with Crippen molar-refractivity contribution >= 4 is 57.5 Å². The van der Waals surface area contributed by atoms with Crippen molar-refractivity contribution < 1.29 is 9.59 Å². The minimum atomic E-state index is -0.634. The van der Waals surface area contributed by atoms with E-state index >= 15 is 0 Å². The number of thiophene rings is 1. The van der Waals surface area contributed by atoms with E-state index in [-0.39, 0.29) is 11.8 Å². The summed E-state index contributed by atoms with van der Waals surface area (Å²) in [5.41, 5.74) is 0. The highest BCUT2D eigenvalue weighted by atomic mass is 32.2. The van der Waals surface area contributed by atoms with Gasteiger partial charge in [0.25, 0.3) is 5.91 Å². The minimum Gasteiger partial charge on any atom is -0.354 e. The Labute approximate surface area is 165 Å². The molecule has 26 heavy (non-hydrogen) atoms. The number of nitrogens with one attached hydrogen (secondary N) is 1. The highest BCUT2D eigenvalue weighted by Gasteiger charge is 2.38. The van der Waals surface area contributed by atoms with Crippen LogP contribution in [0.2, 0.25) is 0 Å². The number of imidazole rings is 1. The van der Waals surface area contributed by atoms with Crippen LogP contribution in [-0.4, -0.2) is 43.2 Å². The maximum Gasteiger partial charge on any atom is 0.266 e. The van der Waals surface area contributed by atoms with Crippen LogP contribution < -0.4 is 5.32 Å². The Morgan fingerprint density at radius 2 is 2.35 bits per heavy atom. The summed E-state index contributed by atoms with van der Waals surface area (Å²) < 4.78 is 2.37. The van der Waals surface area contributed by atoms with Crippen molar-refractivity contribution in [2.45, 2.75) is 25.9 Å². The fraction of sp³-hybridized carbons (Fsp3) is 0.294. The predicted octanol–water partition coefficient (Wildman–Crippen LogP) is 2.74. The van der Waals surface area contributed by atoms with Crippen LogP contribution in [0.15, 0.2) is 41.1 Å². The Bertz CT molecular complexity index is 815. The number of nitrogens with zero attached hydrogens (tertiary/aromatic N) is 3. The second-order valence-corrected chi connectivity index (χ2v) is 8.34. The lowest BCUT2D eigenvalue weighted by atomic mass is 10.2. The van der Waals surface area contributed by atoms with E-state index in [9.17, 15) is 9.59 Å². The number of thioether (sulfide) groups is 1. The summed E-state index contributed by atoms with van der Waals surface area (Å²) in [6, 6.07) is 3.23. The van der Waals surface area contributed by atoms with Gasteiger partial charge in [-0.25, -0.2) is 4.98 Å². The zero-order chi connectivity index (χ0) is 18.5. The average Bonchev–Trinajstić information content (AvgIpc) is 3.35. The zero-order valence-electron chi connectivity index (χ0n) is 14.1. The van der Waals surface area contributed by atoms with Crippen molar-refractivity contribution in [2.75, 3.05) is 6.54 Å². The molecule has 0 unspecified atom stereocenters. The molecule has 9 heteroatoms. The third-order valence-corrected chi connectivity index (χ3v) is 6.01. The lowest BCUT2D eigenvalue weighted by Crippen LogP contribution is -2.47. The van der Waals surface area contributed by atoms with Crippen LogP contribution in [0.1, 0.15) is 18.2 Å². The summed E-state index contributed by atoms with van der Waals surface area (Å²) in [7, 11) is 0. The van der Waals surface area contributed by atoms with Crippen LogP contribution in [0, 0.1) is 0 Å². The molecule has 0 bridgehead atoms. The van der Waals surface area contributed by atoms with E-state index < -0.39 is 6.04 Å². The van der Waals surface area contributed by atoms with Gasteiger partial charge in [0.2, 0.25) is 5.91 Å². The molecule has 1 saturated heterocycles. The van der Waals surface area contributed by atoms with Gasteiger partial charge in [-0.15, -0.1) is 11.3 Å². The lowest BCUT2D eigenvalue weighted by molar-refractivity contribution is -0.132. The topological polar surface area (TPSA) is 67.2 Å². The van der Waals surface area contributed by atoms with Crippen molar-refractivity contribution in [3.05, 3.63) is 46.0 Å². The van der Waals surface area contributed by atoms with Gasteiger partial charge in [-0.3, -0.25) is 14.5 Å². The lowest BCUT2D eigenvalue weighted by Gasteiger charge is -2.22. The molecule has 6 nitrogen and oxygen atoms in total. The quantitative estimate of drug-likeness (QED) is 0.435. The van der Waals surface area contributed by atoms with Crippen LogP contribution in [0.3, 0.4) is 0 Å². The molecule has 1 N–H and O–H groups in total. The number of aromatic nitrogens is 2. The molecule has 2 aromatic heterocycles. The van der Waals surface area contributed by atoms with Gasteiger partial charge in [0.15, 0.2) is 0 Å². The number of hydrogen-bond acceptors (Lipinski definition) is 6. The third kappa shape index (κ3) is 4.40. The Morgan fingerprint density at radius 3 is 3.04 bits per heavy atom. The smallest absolute Gasteiger partial charge is 0.266 e. The van der Waals surface area contributed by atoms with Gasteiger partial charge in [0, 0.05) is 30.4 Å². The standard InChI is InChI=1S/C17H18N4O2S3/c1-12(15(22)19-5-3-7-20-8-6-18-11-20)21-16(23)14(26-17(21)24)10-13-4-2-9-25-13/h2,4,6,8-12H,3,5,7H2,1H3,(H,19,22)/b14-10+/t12-/m0/s1. The summed E-state index contributed by atoms with van der Waals surface area (Å²) in [4.78, 5) is 31.9. The fourth-order valence-electron chi connectivity index (χ4n) is 2.47. The van der Waals surface area contributed by atoms with E-state index in [1.54, 1.807) is 30.8 Å². The van der Waals surface area contributed by atoms with Gasteiger partial charge in [-0.1, -0.05) is 30.0 Å². The molecule has 0 saturated carbocycles. The monoisotopic (exact) mass is 406 g/mol. The van der Waals surface area contributed by atoms with Crippen LogP contribution in [0.5, 0.6) is 0 Å². The molecule has 1 aliphatic heterocycles. The summed E-state index contributed by atoms with van der Waals surface area (Å²) in [6.45, 7) is 3.00. The second kappa shape index (κ2) is 8.61. The number of carbonyl (C=O) groups excluding carboxylic acids is 2. The summed E-state index contributed by atoms with van der Waals surface area (Å²) in [6.07, 6.45) is 7.94. The Balaban J connectivity index is 1.54. The van der Waals surface area contributed by atoms with E-state index in [4.69, 9.17) is 12.2 Å². The van der Waals surface area contributed by atoms with Crippen molar-refractivity contribution in [2.24, 2.45) is 0 Å². The molecule has 1 fully saturated rings. The van der Waals surface area contributed by atoms with E-state index in [2.05, 4.69) is 10.3 Å². The van der Waals surface area contributed by atoms with Crippen LogP contribution in [0.25, 0.3) is 6.08 Å². The Morgan fingerprint density at radius 1 is 1.50 bits per heavy atom. The first-order valence-electron chi connectivity index (χ1n) is 8.10. The molecule has 0 radical (unpaired) electrons. The number of hydrogen-bond donors (Lipinski definition) is 1. The molecular weight excluding hydrogens is 388 g/mol. The second-order valence-electron chi connectivity index (χ2n) is 5.69. The minimum absolute atomic E-state index is 0.204. The molecule has 3 heterocycles. The van der Waals surface area contributed by atoms with E-state index in [0.717, 1.165) is 17.8 Å². The fourth-order valence-corrected chi connectivity index (χ4v) is 4.61. The van der Waals surface area contributed by atoms with Gasteiger partial charge >= 0.3 is 0 Å². The third-order valence-electron chi connectivity index (χ3n) is 3.86. The highest BCUT2D eigenvalue weighted by Crippen LogP contribution is 2.34. The maximum absolute atomic E-state index is 12.6. The van der Waals surface area contributed by atoms with Crippen LogP contribution >= 0.6 is 35.3 Å². The molecule has 0 spiro atoms. The number of carbonyl (C=O) groups is 2. The molecule has 0 aliphatic carbocycles. The van der Waals surface area contributed by atoms with E-state index in [1.807, 2.05) is 34.4 Å². The zero-order valence-corrected chi connectivity index (χ0v) is 16.6. The summed E-state index contributed by atoms with van der Waals surface area (Å²) in [5, 5.41) is 4.82. The summed E-state index contributed by atoms with van der Waals surface area (Å²) >= 11 is 8.11. The van der Waals surface area contributed by atoms with E-state index in [1.165, 1.54) is 16.7 Å². The average molecular weight is 407 g/mol. The highest BCUT2D eigenvalue weighted by molar-refractivity contribution is 8.26. The Hall–Kier alpha value is -1.97. The molecule has 2 aromatic rings. The van der Waals surface area contributed by atoms with Crippen molar-refractivity contribution in [1.82, 2.24) is 19.8 Å². The van der Waals surface area contributed by atoms with Crippen molar-refractivity contribution in [1.29, 1.82) is 0 Å². The molecule has 1 atom stereocenters. The van der Waals surface area contributed by atoms with Crippen molar-refractivity contribution in [3.63, 3.8) is 0 Å². The first-order valence-corrected chi connectivity index (χ1v) is 10.2. The van der Waals surface area contributed by atoms with Crippen LogP contribution in [-0.2, 0) is 16.1 Å². The maximum atomic E-state index is 12.6. The largest absolute Gasteiger partial charge is 0.354 e. The first-order chi connectivity index (χ1) is 12.6. The van der Waals surface area contributed by atoms with Gasteiger partial charge in [0.1, 0.15) is 10.4 Å². The number of amides is 2. The number of thiocarbonyl (C=S) groups is 1. The number of aryl methyl sites for hydroxylation is 1. The van der Waals surface area contributed by atoms with Gasteiger partial charge in [0.05, 0.1) is 11.2 Å². The molecular formula is C17H18N4O2S3. The summed E-state index contributed by atoms with van der Waals surface area (Å²) in [5.74, 6) is -0.418. The molecule has 136 valence electrons. The SMILES string of the molecule is C[C@@H](C(=O)NCCCn1ccnc1)N1C(=O)/C(=C\c2cccs2)SC1=S. The first kappa shape index (κ1) is 18.8. The molecule has 2 amide bonds. The van der Waals surface area contributed by atoms with Crippen molar-refractivity contribution in [3.8, 4) is 0 Å². The van der Waals surface area contributed by atoms with Gasteiger partial charge in [-0.05, 0) is 30.9 Å². The Kier molecular flexibility index (Phi) is 6.23.